The average Bonchev–Trinajstić information content (AvgIpc) is 0.783. The molecule has 446 valence electrons. The molecule has 14 aromatic carbocycles. The van der Waals surface area contributed by atoms with Crippen LogP contribution < -0.4 is 0 Å². The molecular formula is C88H54N8. The van der Waals surface area contributed by atoms with Crippen molar-refractivity contribution in [3.8, 4) is 158 Å². The minimum absolute atomic E-state index is 0.583. The molecule has 2 heterocycles. The zero-order valence-corrected chi connectivity index (χ0v) is 51.8. The van der Waals surface area contributed by atoms with Crippen molar-refractivity contribution in [3.05, 3.63) is 339 Å². The lowest BCUT2D eigenvalue weighted by atomic mass is 9.88. The molecule has 0 bridgehead atoms. The molecule has 2 aromatic heterocycles. The maximum absolute atomic E-state index is 10.9. The molecule has 96 heavy (non-hydrogen) atoms. The topological polar surface area (TPSA) is 125 Å². The molecule has 0 spiro atoms. The monoisotopic (exact) mass is 1220 g/mol. The smallest absolute Gasteiger partial charge is 0.164 e. The second-order valence-electron chi connectivity index (χ2n) is 23.6. The Kier molecular flexibility index (Phi) is 15.2. The number of nitrogens with zero attached hydrogens (tertiary/aromatic N) is 8. The first kappa shape index (κ1) is 57.7. The van der Waals surface area contributed by atoms with Crippen molar-refractivity contribution in [2.45, 2.75) is 0 Å². The quantitative estimate of drug-likeness (QED) is 0.112. The minimum atomic E-state index is 0.583. The van der Waals surface area contributed by atoms with Crippen LogP contribution in [0.4, 0.5) is 0 Å². The van der Waals surface area contributed by atoms with Crippen LogP contribution in [-0.4, -0.2) is 29.9 Å². The van der Waals surface area contributed by atoms with Crippen LogP contribution in [0.2, 0.25) is 0 Å². The highest BCUT2D eigenvalue weighted by atomic mass is 15.0. The highest BCUT2D eigenvalue weighted by Gasteiger charge is 2.19. The molecule has 0 fully saturated rings. The fourth-order valence-electron chi connectivity index (χ4n) is 12.7. The van der Waals surface area contributed by atoms with Gasteiger partial charge in [-0.25, -0.2) is 29.9 Å². The fraction of sp³-hybridized carbons (Fsp3) is 0. The predicted octanol–water partition coefficient (Wildman–Crippen LogP) is 21.8. The van der Waals surface area contributed by atoms with Crippen molar-refractivity contribution >= 4 is 21.5 Å². The Morgan fingerprint density at radius 3 is 0.958 bits per heavy atom. The van der Waals surface area contributed by atoms with Crippen molar-refractivity contribution < 1.29 is 0 Å². The molecular weight excluding hydrogens is 1170 g/mol. The molecule has 0 saturated heterocycles. The highest BCUT2D eigenvalue weighted by molar-refractivity contribution is 6.07. The van der Waals surface area contributed by atoms with E-state index in [1.165, 1.54) is 0 Å². The van der Waals surface area contributed by atoms with E-state index in [1.54, 1.807) is 0 Å². The van der Waals surface area contributed by atoms with Gasteiger partial charge >= 0.3 is 0 Å². The van der Waals surface area contributed by atoms with Gasteiger partial charge in [-0.2, -0.15) is 10.5 Å². The largest absolute Gasteiger partial charge is 0.208 e. The maximum atomic E-state index is 10.9. The maximum Gasteiger partial charge on any atom is 0.164 e. The van der Waals surface area contributed by atoms with E-state index in [2.05, 4.69) is 188 Å². The summed E-state index contributed by atoms with van der Waals surface area (Å²) in [6.07, 6.45) is 0. The van der Waals surface area contributed by atoms with Crippen LogP contribution in [0.1, 0.15) is 11.1 Å². The van der Waals surface area contributed by atoms with Gasteiger partial charge in [0.05, 0.1) is 23.3 Å². The Balaban J connectivity index is 0.707. The third-order valence-corrected chi connectivity index (χ3v) is 17.7. The van der Waals surface area contributed by atoms with Crippen LogP contribution in [0.25, 0.3) is 168 Å². The summed E-state index contributed by atoms with van der Waals surface area (Å²) in [7, 11) is 0. The summed E-state index contributed by atoms with van der Waals surface area (Å²) in [6.45, 7) is 0. The van der Waals surface area contributed by atoms with E-state index < -0.39 is 0 Å². The molecule has 8 nitrogen and oxygen atoms in total. The standard InChI is InChI=1S/C88H54N8/c89-55-57-15-13-25-71(51-57)58-27-33-64(34-28-58)78-49-50-79(80-48-45-73(54-82(78)80)60-31-42-70(43-32-60)88-95-85(67-20-9-3-10-21-67)92-86(96-88)68-22-11-4-12-23-68)74-46-47-76(75(52-74)56-90)62-35-37-63(38-36-62)77-26-14-24-61-39-44-72(53-81(61)77)59-29-40-69(41-30-59)87-93-83(65-16-5-1-6-17-65)91-84(94-87)66-18-7-2-8-19-66/h1-54H. The molecule has 8 heteroatoms. The van der Waals surface area contributed by atoms with Gasteiger partial charge < -0.3 is 0 Å². The molecule has 0 atom stereocenters. The van der Waals surface area contributed by atoms with Gasteiger partial charge in [-0.15, -0.1) is 0 Å². The van der Waals surface area contributed by atoms with Crippen molar-refractivity contribution in [2.75, 3.05) is 0 Å². The zero-order valence-electron chi connectivity index (χ0n) is 51.8. The molecule has 0 aliphatic rings. The van der Waals surface area contributed by atoms with Crippen LogP contribution in [0.5, 0.6) is 0 Å². The molecule has 0 unspecified atom stereocenters. The number of fused-ring (bicyclic) bond motifs is 2. The Labute approximate surface area is 555 Å². The highest BCUT2D eigenvalue weighted by Crippen LogP contribution is 2.42. The van der Waals surface area contributed by atoms with Gasteiger partial charge in [-0.3, -0.25) is 0 Å². The van der Waals surface area contributed by atoms with Gasteiger partial charge in [0.1, 0.15) is 0 Å². The number of hydrogen-bond acceptors (Lipinski definition) is 8. The Hall–Kier alpha value is -13.4. The first-order chi connectivity index (χ1) is 47.4. The van der Waals surface area contributed by atoms with E-state index >= 15 is 0 Å². The van der Waals surface area contributed by atoms with Gasteiger partial charge in [0.2, 0.25) is 0 Å². The van der Waals surface area contributed by atoms with Crippen molar-refractivity contribution in [1.29, 1.82) is 10.5 Å². The second kappa shape index (κ2) is 25.4. The van der Waals surface area contributed by atoms with Crippen molar-refractivity contribution in [3.63, 3.8) is 0 Å². The van der Waals surface area contributed by atoms with Crippen LogP contribution in [0, 0.1) is 22.7 Å². The summed E-state index contributed by atoms with van der Waals surface area (Å²) in [5.41, 5.74) is 21.0. The molecule has 16 rings (SSSR count). The Morgan fingerprint density at radius 2 is 0.510 bits per heavy atom. The Bertz CT molecular complexity index is 5560. The number of nitriles is 2. The molecule has 0 amide bonds. The molecule has 0 N–H and O–H groups in total. The summed E-state index contributed by atoms with van der Waals surface area (Å²) < 4.78 is 0. The lowest BCUT2D eigenvalue weighted by Gasteiger charge is -2.16. The second-order valence-corrected chi connectivity index (χ2v) is 23.6. The van der Waals surface area contributed by atoms with E-state index in [9.17, 15) is 10.5 Å². The molecule has 0 radical (unpaired) electrons. The molecule has 0 aliphatic heterocycles. The van der Waals surface area contributed by atoms with Gasteiger partial charge in [-0.05, 0) is 130 Å². The van der Waals surface area contributed by atoms with Crippen molar-refractivity contribution in [1.82, 2.24) is 29.9 Å². The molecule has 0 aliphatic carbocycles. The summed E-state index contributed by atoms with van der Waals surface area (Å²) >= 11 is 0. The van der Waals surface area contributed by atoms with E-state index in [0.717, 1.165) is 133 Å². The Morgan fingerprint density at radius 1 is 0.188 bits per heavy atom. The number of benzene rings is 14. The number of hydrogen-bond donors (Lipinski definition) is 0. The lowest BCUT2D eigenvalue weighted by molar-refractivity contribution is 1.07. The van der Waals surface area contributed by atoms with Crippen molar-refractivity contribution in [2.24, 2.45) is 0 Å². The zero-order chi connectivity index (χ0) is 64.3. The van der Waals surface area contributed by atoms with E-state index in [4.69, 9.17) is 29.9 Å². The average molecular weight is 1220 g/mol. The van der Waals surface area contributed by atoms with Crippen LogP contribution in [0.15, 0.2) is 328 Å². The first-order valence-corrected chi connectivity index (χ1v) is 31.7. The van der Waals surface area contributed by atoms with E-state index in [1.807, 2.05) is 152 Å². The SMILES string of the molecule is N#Cc1cccc(-c2ccc(-c3ccc(-c4ccc(-c5ccc(-c6cccc7ccc(-c8ccc(-c9nc(-c%10ccccc%10)nc(-c%10ccccc%10)n9)cc8)cc67)cc5)c(C#N)c4)c4ccc(-c5ccc(-c6nc(-c7ccccc7)nc(-c7ccccc7)n6)cc5)cc34)cc2)c1. The van der Waals surface area contributed by atoms with Gasteiger partial charge in [0.25, 0.3) is 0 Å². The van der Waals surface area contributed by atoms with Gasteiger partial charge in [0, 0.05) is 33.4 Å². The van der Waals surface area contributed by atoms with Crippen LogP contribution in [0.3, 0.4) is 0 Å². The van der Waals surface area contributed by atoms with Crippen LogP contribution in [-0.2, 0) is 0 Å². The van der Waals surface area contributed by atoms with Gasteiger partial charge in [-0.1, -0.05) is 297 Å². The predicted molar refractivity (Wildman–Crippen MR) is 388 cm³/mol. The third-order valence-electron chi connectivity index (χ3n) is 17.7. The normalized spacial score (nSPS) is 11.1. The first-order valence-electron chi connectivity index (χ1n) is 31.7. The third kappa shape index (κ3) is 11.5. The van der Waals surface area contributed by atoms with E-state index in [-0.39, 0.29) is 0 Å². The summed E-state index contributed by atoms with van der Waals surface area (Å²) in [6, 6.07) is 117. The minimum Gasteiger partial charge on any atom is -0.208 e. The summed E-state index contributed by atoms with van der Waals surface area (Å²) in [4.78, 5) is 29.7. The van der Waals surface area contributed by atoms with Crippen LogP contribution >= 0.6 is 0 Å². The molecule has 0 saturated carbocycles. The number of aromatic nitrogens is 6. The summed E-state index contributed by atoms with van der Waals surface area (Å²) in [5, 5.41) is 25.0. The fourth-order valence-corrected chi connectivity index (χ4v) is 12.7. The van der Waals surface area contributed by atoms with Gasteiger partial charge in [0.15, 0.2) is 34.9 Å². The molecule has 16 aromatic rings. The number of rotatable bonds is 13. The summed E-state index contributed by atoms with van der Waals surface area (Å²) in [5.74, 6) is 3.67. The van der Waals surface area contributed by atoms with E-state index in [0.29, 0.717) is 46.1 Å². The lowest BCUT2D eigenvalue weighted by Crippen LogP contribution is -2.00.